The van der Waals surface area contributed by atoms with Gasteiger partial charge >= 0.3 is 0 Å². The van der Waals surface area contributed by atoms with Gasteiger partial charge in [-0.15, -0.1) is 0 Å². The highest BCUT2D eigenvalue weighted by molar-refractivity contribution is 6.33. The molecular weight excluding hydrogens is 272 g/mol. The van der Waals surface area contributed by atoms with Crippen LogP contribution in [0.1, 0.15) is 28.4 Å². The molecule has 102 valence electrons. The van der Waals surface area contributed by atoms with E-state index in [1.165, 1.54) is 5.56 Å². The Hall–Kier alpha value is -2.13. The summed E-state index contributed by atoms with van der Waals surface area (Å²) < 4.78 is 0. The summed E-state index contributed by atoms with van der Waals surface area (Å²) in [7, 11) is 0. The largest absolute Gasteiger partial charge is 0.272 e. The van der Waals surface area contributed by atoms with Crippen molar-refractivity contribution in [1.82, 2.24) is 5.43 Å². The molecule has 0 saturated carbocycles. The van der Waals surface area contributed by atoms with Gasteiger partial charge in [0.15, 0.2) is 0 Å². The van der Waals surface area contributed by atoms with Crippen LogP contribution < -0.4 is 5.43 Å². The first kappa shape index (κ1) is 14.3. The quantitative estimate of drug-likeness (QED) is 0.677. The van der Waals surface area contributed by atoms with Crippen molar-refractivity contribution in [3.05, 3.63) is 70.2 Å². The van der Waals surface area contributed by atoms with Crippen molar-refractivity contribution in [1.29, 1.82) is 0 Å². The zero-order valence-electron chi connectivity index (χ0n) is 11.4. The molecule has 0 aliphatic heterocycles. The van der Waals surface area contributed by atoms with Crippen LogP contribution in [0.15, 0.2) is 53.6 Å². The number of carbonyl (C=O) groups excluding carboxylic acids is 1. The molecule has 1 amide bonds. The summed E-state index contributed by atoms with van der Waals surface area (Å²) in [6.45, 7) is 3.87. The lowest BCUT2D eigenvalue weighted by Gasteiger charge is -2.04. The second-order valence-corrected chi connectivity index (χ2v) is 4.89. The van der Waals surface area contributed by atoms with Crippen LogP contribution in [0.3, 0.4) is 0 Å². The molecule has 0 aliphatic rings. The lowest BCUT2D eigenvalue weighted by atomic mass is 10.1. The number of nitrogens with zero attached hydrogens (tertiary/aromatic N) is 1. The van der Waals surface area contributed by atoms with Crippen molar-refractivity contribution in [3.8, 4) is 0 Å². The van der Waals surface area contributed by atoms with E-state index in [1.807, 2.05) is 38.1 Å². The zero-order valence-corrected chi connectivity index (χ0v) is 12.1. The van der Waals surface area contributed by atoms with Gasteiger partial charge in [-0.2, -0.15) is 5.10 Å². The molecule has 0 aromatic heterocycles. The Labute approximate surface area is 123 Å². The SMILES string of the molecule is CC(=NNC(=O)c1ccccc1Cl)c1ccc(C)cc1. The van der Waals surface area contributed by atoms with Crippen molar-refractivity contribution in [2.75, 3.05) is 0 Å². The van der Waals surface area contributed by atoms with Crippen LogP contribution in [0.5, 0.6) is 0 Å². The molecule has 0 unspecified atom stereocenters. The zero-order chi connectivity index (χ0) is 14.5. The maximum Gasteiger partial charge on any atom is 0.272 e. The van der Waals surface area contributed by atoms with Crippen molar-refractivity contribution in [2.24, 2.45) is 5.10 Å². The molecule has 4 heteroatoms. The number of hydrogen-bond donors (Lipinski definition) is 1. The summed E-state index contributed by atoms with van der Waals surface area (Å²) >= 11 is 5.96. The van der Waals surface area contributed by atoms with Crippen LogP contribution in [0.2, 0.25) is 5.02 Å². The van der Waals surface area contributed by atoms with E-state index in [4.69, 9.17) is 11.6 Å². The number of hydrazone groups is 1. The molecule has 0 saturated heterocycles. The Morgan fingerprint density at radius 3 is 2.40 bits per heavy atom. The van der Waals surface area contributed by atoms with Crippen molar-refractivity contribution in [2.45, 2.75) is 13.8 Å². The third-order valence-electron chi connectivity index (χ3n) is 2.91. The van der Waals surface area contributed by atoms with Gasteiger partial charge in [0.2, 0.25) is 0 Å². The van der Waals surface area contributed by atoms with E-state index in [0.717, 1.165) is 11.3 Å². The van der Waals surface area contributed by atoms with Gasteiger partial charge in [0.05, 0.1) is 16.3 Å². The Balaban J connectivity index is 2.11. The van der Waals surface area contributed by atoms with Gasteiger partial charge in [-0.3, -0.25) is 4.79 Å². The fourth-order valence-corrected chi connectivity index (χ4v) is 1.92. The molecule has 2 aromatic rings. The minimum Gasteiger partial charge on any atom is -0.267 e. The summed E-state index contributed by atoms with van der Waals surface area (Å²) in [5.74, 6) is -0.318. The van der Waals surface area contributed by atoms with E-state index < -0.39 is 0 Å². The molecule has 0 fully saturated rings. The van der Waals surface area contributed by atoms with E-state index in [-0.39, 0.29) is 5.91 Å². The standard InChI is InChI=1S/C16H15ClN2O/c1-11-7-9-13(10-8-11)12(2)18-19-16(20)14-5-3-4-6-15(14)17/h3-10H,1-2H3,(H,19,20). The Bertz CT molecular complexity index is 648. The van der Waals surface area contributed by atoms with Crippen LogP contribution in [-0.4, -0.2) is 11.6 Å². The second-order valence-electron chi connectivity index (χ2n) is 4.48. The molecule has 20 heavy (non-hydrogen) atoms. The summed E-state index contributed by atoms with van der Waals surface area (Å²) in [5, 5.41) is 4.51. The van der Waals surface area contributed by atoms with Gasteiger partial charge in [0.25, 0.3) is 5.91 Å². The first-order valence-corrected chi connectivity index (χ1v) is 6.62. The van der Waals surface area contributed by atoms with Crippen LogP contribution >= 0.6 is 11.6 Å². The molecule has 0 bridgehead atoms. The number of aryl methyl sites for hydroxylation is 1. The third-order valence-corrected chi connectivity index (χ3v) is 3.24. The lowest BCUT2D eigenvalue weighted by molar-refractivity contribution is 0.0955. The molecule has 3 nitrogen and oxygen atoms in total. The van der Waals surface area contributed by atoms with Crippen LogP contribution in [0, 0.1) is 6.92 Å². The van der Waals surface area contributed by atoms with E-state index >= 15 is 0 Å². The Kier molecular flexibility index (Phi) is 4.53. The van der Waals surface area contributed by atoms with E-state index in [0.29, 0.717) is 10.6 Å². The number of benzene rings is 2. The Morgan fingerprint density at radius 1 is 1.10 bits per heavy atom. The molecule has 0 aliphatic carbocycles. The fourth-order valence-electron chi connectivity index (χ4n) is 1.70. The van der Waals surface area contributed by atoms with Crippen LogP contribution in [0.4, 0.5) is 0 Å². The first-order chi connectivity index (χ1) is 9.58. The van der Waals surface area contributed by atoms with Gasteiger partial charge in [-0.1, -0.05) is 53.6 Å². The van der Waals surface area contributed by atoms with Crippen LogP contribution in [0.25, 0.3) is 0 Å². The van der Waals surface area contributed by atoms with Gasteiger partial charge in [0.1, 0.15) is 0 Å². The fraction of sp³-hybridized carbons (Fsp3) is 0.125. The molecule has 0 spiro atoms. The molecule has 0 atom stereocenters. The summed E-state index contributed by atoms with van der Waals surface area (Å²) in [5.41, 5.74) is 5.82. The number of halogens is 1. The topological polar surface area (TPSA) is 41.5 Å². The first-order valence-electron chi connectivity index (χ1n) is 6.24. The molecule has 1 N–H and O–H groups in total. The molecule has 2 aromatic carbocycles. The maximum atomic E-state index is 12.0. The Morgan fingerprint density at radius 2 is 1.75 bits per heavy atom. The monoisotopic (exact) mass is 286 g/mol. The normalized spacial score (nSPS) is 11.2. The number of hydrogen-bond acceptors (Lipinski definition) is 2. The number of carbonyl (C=O) groups is 1. The highest BCUT2D eigenvalue weighted by Crippen LogP contribution is 2.14. The van der Waals surface area contributed by atoms with Gasteiger partial charge < -0.3 is 0 Å². The average Bonchev–Trinajstić information content (AvgIpc) is 2.45. The van der Waals surface area contributed by atoms with Gasteiger partial charge in [0, 0.05) is 0 Å². The average molecular weight is 287 g/mol. The van der Waals surface area contributed by atoms with Crippen molar-refractivity contribution >= 4 is 23.2 Å². The third kappa shape index (κ3) is 3.45. The smallest absolute Gasteiger partial charge is 0.267 e. The number of amides is 1. The van der Waals surface area contributed by atoms with Gasteiger partial charge in [-0.05, 0) is 31.5 Å². The molecule has 0 radical (unpaired) electrons. The summed E-state index contributed by atoms with van der Waals surface area (Å²) in [6.07, 6.45) is 0. The molecule has 0 heterocycles. The highest BCUT2D eigenvalue weighted by Gasteiger charge is 2.08. The van der Waals surface area contributed by atoms with Crippen LogP contribution in [-0.2, 0) is 0 Å². The summed E-state index contributed by atoms with van der Waals surface area (Å²) in [6, 6.07) is 14.8. The van der Waals surface area contributed by atoms with E-state index in [1.54, 1.807) is 24.3 Å². The molecular formula is C16H15ClN2O. The predicted octanol–water partition coefficient (Wildman–Crippen LogP) is 3.80. The summed E-state index contributed by atoms with van der Waals surface area (Å²) in [4.78, 5) is 12.0. The van der Waals surface area contributed by atoms with Gasteiger partial charge in [-0.25, -0.2) is 5.43 Å². The minimum absolute atomic E-state index is 0.318. The highest BCUT2D eigenvalue weighted by atomic mass is 35.5. The lowest BCUT2D eigenvalue weighted by Crippen LogP contribution is -2.19. The number of rotatable bonds is 3. The van der Waals surface area contributed by atoms with E-state index in [2.05, 4.69) is 10.5 Å². The maximum absolute atomic E-state index is 12.0. The number of nitrogens with one attached hydrogen (secondary N) is 1. The van der Waals surface area contributed by atoms with Crippen molar-refractivity contribution < 1.29 is 4.79 Å². The minimum atomic E-state index is -0.318. The second kappa shape index (κ2) is 6.35. The van der Waals surface area contributed by atoms with Crippen molar-refractivity contribution in [3.63, 3.8) is 0 Å². The van der Waals surface area contributed by atoms with E-state index in [9.17, 15) is 4.79 Å². The predicted molar refractivity (Wildman–Crippen MR) is 82.3 cm³/mol. The molecule has 2 rings (SSSR count).